The first-order chi connectivity index (χ1) is 11.5. The van der Waals surface area contributed by atoms with Crippen LogP contribution < -0.4 is 9.80 Å². The van der Waals surface area contributed by atoms with Crippen LogP contribution in [0.4, 0.5) is 24.7 Å². The van der Waals surface area contributed by atoms with Gasteiger partial charge in [0.1, 0.15) is 12.1 Å². The highest BCUT2D eigenvalue weighted by Gasteiger charge is 2.36. The predicted octanol–water partition coefficient (Wildman–Crippen LogP) is 2.69. The Bertz CT molecular complexity index is 747. The van der Waals surface area contributed by atoms with Crippen molar-refractivity contribution in [1.29, 1.82) is 5.26 Å². The van der Waals surface area contributed by atoms with Gasteiger partial charge in [-0.05, 0) is 24.3 Å². The van der Waals surface area contributed by atoms with Gasteiger partial charge in [0.2, 0.25) is 0 Å². The van der Waals surface area contributed by atoms with Gasteiger partial charge in [-0.3, -0.25) is 0 Å². The zero-order chi connectivity index (χ0) is 17.2. The first-order valence-corrected chi connectivity index (χ1v) is 7.36. The van der Waals surface area contributed by atoms with Gasteiger partial charge in [-0.25, -0.2) is 9.97 Å². The first kappa shape index (κ1) is 16.1. The Morgan fingerprint density at radius 2 is 1.75 bits per heavy atom. The molecule has 1 aromatic carbocycles. The van der Waals surface area contributed by atoms with Crippen molar-refractivity contribution in [2.75, 3.05) is 36.0 Å². The molecule has 124 valence electrons. The minimum absolute atomic E-state index is 0.00527. The fourth-order valence-electron chi connectivity index (χ4n) is 2.76. The van der Waals surface area contributed by atoms with Crippen molar-refractivity contribution >= 4 is 11.5 Å². The largest absolute Gasteiger partial charge is 0.418 e. The van der Waals surface area contributed by atoms with E-state index in [0.717, 1.165) is 11.9 Å². The molecule has 0 saturated carbocycles. The molecular weight excluding hydrogens is 319 g/mol. The van der Waals surface area contributed by atoms with E-state index in [-0.39, 0.29) is 11.3 Å². The van der Waals surface area contributed by atoms with Crippen molar-refractivity contribution in [3.05, 3.63) is 47.9 Å². The highest BCUT2D eigenvalue weighted by molar-refractivity contribution is 5.59. The van der Waals surface area contributed by atoms with Gasteiger partial charge in [-0.1, -0.05) is 0 Å². The maximum atomic E-state index is 13.3. The van der Waals surface area contributed by atoms with Crippen LogP contribution in [0.25, 0.3) is 0 Å². The van der Waals surface area contributed by atoms with Crippen molar-refractivity contribution in [3.8, 4) is 6.07 Å². The zero-order valence-corrected chi connectivity index (χ0v) is 12.7. The Kier molecular flexibility index (Phi) is 4.25. The van der Waals surface area contributed by atoms with Crippen LogP contribution in [0.15, 0.2) is 36.8 Å². The fourth-order valence-corrected chi connectivity index (χ4v) is 2.76. The van der Waals surface area contributed by atoms with Crippen LogP contribution >= 0.6 is 0 Å². The number of benzene rings is 1. The first-order valence-electron chi connectivity index (χ1n) is 7.36. The molecule has 1 aliphatic heterocycles. The molecule has 0 atom stereocenters. The maximum absolute atomic E-state index is 13.3. The third-order valence-corrected chi connectivity index (χ3v) is 3.94. The second-order valence-corrected chi connectivity index (χ2v) is 5.38. The number of alkyl halides is 3. The lowest BCUT2D eigenvalue weighted by Crippen LogP contribution is -2.47. The normalized spacial score (nSPS) is 15.2. The summed E-state index contributed by atoms with van der Waals surface area (Å²) in [7, 11) is 0. The molecule has 2 heterocycles. The maximum Gasteiger partial charge on any atom is 0.418 e. The molecule has 0 aliphatic carbocycles. The summed E-state index contributed by atoms with van der Waals surface area (Å²) in [4.78, 5) is 11.7. The summed E-state index contributed by atoms with van der Waals surface area (Å²) in [6.07, 6.45) is -1.41. The van der Waals surface area contributed by atoms with Crippen molar-refractivity contribution in [1.82, 2.24) is 9.97 Å². The standard InChI is InChI=1S/C16H14F3N5/c17-16(18,19)13-9-12(10-20)1-2-14(13)23-5-7-24(8-6-23)15-3-4-21-11-22-15/h1-4,9,11H,5-8H2. The zero-order valence-electron chi connectivity index (χ0n) is 12.7. The van der Waals surface area contributed by atoms with E-state index in [1.807, 2.05) is 4.90 Å². The van der Waals surface area contributed by atoms with Crippen LogP contribution in [0.3, 0.4) is 0 Å². The highest BCUT2D eigenvalue weighted by atomic mass is 19.4. The lowest BCUT2D eigenvalue weighted by atomic mass is 10.1. The van der Waals surface area contributed by atoms with Crippen LogP contribution in [-0.4, -0.2) is 36.1 Å². The van der Waals surface area contributed by atoms with E-state index in [4.69, 9.17) is 5.26 Å². The Hall–Kier alpha value is -2.82. The molecule has 5 nitrogen and oxygen atoms in total. The fraction of sp³-hybridized carbons (Fsp3) is 0.312. The number of nitrogens with zero attached hydrogens (tertiary/aromatic N) is 5. The Morgan fingerprint density at radius 3 is 2.33 bits per heavy atom. The SMILES string of the molecule is N#Cc1ccc(N2CCN(c3ccncn3)CC2)c(C(F)(F)F)c1. The lowest BCUT2D eigenvalue weighted by Gasteiger charge is -2.37. The molecule has 1 saturated heterocycles. The molecule has 1 aliphatic rings. The number of aromatic nitrogens is 2. The molecule has 0 unspecified atom stereocenters. The topological polar surface area (TPSA) is 56.1 Å². The summed E-state index contributed by atoms with van der Waals surface area (Å²) in [6, 6.07) is 7.24. The molecule has 2 aromatic rings. The van der Waals surface area contributed by atoms with E-state index in [1.54, 1.807) is 23.2 Å². The Balaban J connectivity index is 1.81. The molecule has 3 rings (SSSR count). The summed E-state index contributed by atoms with van der Waals surface area (Å²) in [5.74, 6) is 0.764. The van der Waals surface area contributed by atoms with Gasteiger partial charge >= 0.3 is 6.18 Å². The van der Waals surface area contributed by atoms with Crippen LogP contribution in [0.5, 0.6) is 0 Å². The van der Waals surface area contributed by atoms with E-state index < -0.39 is 11.7 Å². The van der Waals surface area contributed by atoms with Gasteiger partial charge in [0, 0.05) is 38.1 Å². The van der Waals surface area contributed by atoms with Crippen molar-refractivity contribution in [2.45, 2.75) is 6.18 Å². The number of rotatable bonds is 2. The molecule has 8 heteroatoms. The summed E-state index contributed by atoms with van der Waals surface area (Å²) in [5, 5.41) is 8.84. The minimum Gasteiger partial charge on any atom is -0.367 e. The van der Waals surface area contributed by atoms with Crippen LogP contribution in [0, 0.1) is 11.3 Å². The van der Waals surface area contributed by atoms with Crippen molar-refractivity contribution in [3.63, 3.8) is 0 Å². The molecule has 0 radical (unpaired) electrons. The predicted molar refractivity (Wildman–Crippen MR) is 82.6 cm³/mol. The highest BCUT2D eigenvalue weighted by Crippen LogP contribution is 2.37. The van der Waals surface area contributed by atoms with E-state index >= 15 is 0 Å². The van der Waals surface area contributed by atoms with Gasteiger partial charge < -0.3 is 9.80 Å². The Morgan fingerprint density at radius 1 is 1.04 bits per heavy atom. The van der Waals surface area contributed by atoms with E-state index in [0.29, 0.717) is 26.2 Å². The van der Waals surface area contributed by atoms with Crippen molar-refractivity contribution in [2.24, 2.45) is 0 Å². The number of hydrogen-bond acceptors (Lipinski definition) is 5. The summed E-state index contributed by atoms with van der Waals surface area (Å²) < 4.78 is 39.9. The average molecular weight is 333 g/mol. The second kappa shape index (κ2) is 6.35. The number of nitriles is 1. The van der Waals surface area contributed by atoms with E-state index in [1.165, 1.54) is 18.5 Å². The summed E-state index contributed by atoms with van der Waals surface area (Å²) in [5.41, 5.74) is -0.647. The van der Waals surface area contributed by atoms with E-state index in [9.17, 15) is 13.2 Å². The van der Waals surface area contributed by atoms with Gasteiger partial charge in [0.05, 0.1) is 17.2 Å². The molecule has 1 fully saturated rings. The minimum atomic E-state index is -4.49. The molecule has 1 aromatic heterocycles. The Labute approximate surface area is 137 Å². The molecule has 0 bridgehead atoms. The van der Waals surface area contributed by atoms with Gasteiger partial charge in [0.15, 0.2) is 0 Å². The number of halogens is 3. The molecular formula is C16H14F3N5. The molecule has 0 spiro atoms. The monoisotopic (exact) mass is 333 g/mol. The number of hydrogen-bond donors (Lipinski definition) is 0. The summed E-state index contributed by atoms with van der Waals surface area (Å²) in [6.45, 7) is 2.01. The smallest absolute Gasteiger partial charge is 0.367 e. The molecule has 0 N–H and O–H groups in total. The third-order valence-electron chi connectivity index (χ3n) is 3.94. The van der Waals surface area contributed by atoms with Crippen molar-refractivity contribution < 1.29 is 13.2 Å². The number of anilines is 2. The average Bonchev–Trinajstić information content (AvgIpc) is 2.61. The molecule has 24 heavy (non-hydrogen) atoms. The van der Waals surface area contributed by atoms with Gasteiger partial charge in [0.25, 0.3) is 0 Å². The van der Waals surface area contributed by atoms with Crippen LogP contribution in [0.1, 0.15) is 11.1 Å². The van der Waals surface area contributed by atoms with Crippen LogP contribution in [0.2, 0.25) is 0 Å². The van der Waals surface area contributed by atoms with Crippen LogP contribution in [-0.2, 0) is 6.18 Å². The summed E-state index contributed by atoms with van der Waals surface area (Å²) >= 11 is 0. The lowest BCUT2D eigenvalue weighted by molar-refractivity contribution is -0.137. The van der Waals surface area contributed by atoms with E-state index in [2.05, 4.69) is 9.97 Å². The van der Waals surface area contributed by atoms with Gasteiger partial charge in [-0.15, -0.1) is 0 Å². The third kappa shape index (κ3) is 3.25. The van der Waals surface area contributed by atoms with Gasteiger partial charge in [-0.2, -0.15) is 18.4 Å². The second-order valence-electron chi connectivity index (χ2n) is 5.38. The quantitative estimate of drug-likeness (QED) is 0.846. The number of piperazine rings is 1. The molecule has 0 amide bonds.